The summed E-state index contributed by atoms with van der Waals surface area (Å²) in [6.45, 7) is 4.41. The number of likely N-dealkylation sites (tertiary alicyclic amines) is 1. The van der Waals surface area contributed by atoms with E-state index < -0.39 is 6.10 Å². The molecule has 0 saturated carbocycles. The van der Waals surface area contributed by atoms with Crippen LogP contribution >= 0.6 is 0 Å². The quantitative estimate of drug-likeness (QED) is 0.846. The van der Waals surface area contributed by atoms with Gasteiger partial charge in [0.2, 0.25) is 0 Å². The van der Waals surface area contributed by atoms with Crippen molar-refractivity contribution in [1.29, 1.82) is 0 Å². The third kappa shape index (κ3) is 3.72. The fraction of sp³-hybridized carbons (Fsp3) is 0.571. The van der Waals surface area contributed by atoms with Gasteiger partial charge in [-0.05, 0) is 38.4 Å². The number of nitrogens with zero attached hydrogens (tertiary/aromatic N) is 1. The van der Waals surface area contributed by atoms with Crippen molar-refractivity contribution in [3.8, 4) is 5.75 Å². The lowest BCUT2D eigenvalue weighted by Crippen LogP contribution is -2.37. The zero-order chi connectivity index (χ0) is 12.1. The van der Waals surface area contributed by atoms with Crippen LogP contribution in [0, 0.1) is 0 Å². The van der Waals surface area contributed by atoms with Crippen molar-refractivity contribution in [3.63, 3.8) is 0 Å². The lowest BCUT2D eigenvalue weighted by atomic mass is 10.2. The highest BCUT2D eigenvalue weighted by Crippen LogP contribution is 2.16. The lowest BCUT2D eigenvalue weighted by molar-refractivity contribution is 0.0662. The molecule has 0 spiro atoms. The fourth-order valence-electron chi connectivity index (χ4n) is 2.30. The van der Waals surface area contributed by atoms with Gasteiger partial charge in [-0.1, -0.05) is 18.2 Å². The first kappa shape index (κ1) is 12.4. The molecule has 3 heteroatoms. The molecule has 1 aliphatic heterocycles. The molecule has 1 fully saturated rings. The highest BCUT2D eigenvalue weighted by Gasteiger charge is 2.22. The van der Waals surface area contributed by atoms with Crippen LogP contribution in [0.15, 0.2) is 30.3 Å². The molecule has 94 valence electrons. The summed E-state index contributed by atoms with van der Waals surface area (Å²) in [5.41, 5.74) is 0. The van der Waals surface area contributed by atoms with Crippen molar-refractivity contribution in [1.82, 2.24) is 4.90 Å². The van der Waals surface area contributed by atoms with Gasteiger partial charge in [0, 0.05) is 12.6 Å². The molecule has 1 unspecified atom stereocenters. The van der Waals surface area contributed by atoms with Crippen LogP contribution < -0.4 is 4.74 Å². The van der Waals surface area contributed by atoms with Crippen LogP contribution in [0.5, 0.6) is 5.75 Å². The van der Waals surface area contributed by atoms with Crippen LogP contribution in [0.1, 0.15) is 19.8 Å². The van der Waals surface area contributed by atoms with Gasteiger partial charge in [0.25, 0.3) is 0 Å². The summed E-state index contributed by atoms with van der Waals surface area (Å²) >= 11 is 0. The summed E-state index contributed by atoms with van der Waals surface area (Å²) in [6, 6.07) is 10.2. The van der Waals surface area contributed by atoms with E-state index in [1.807, 2.05) is 30.3 Å². The Morgan fingerprint density at radius 2 is 2.18 bits per heavy atom. The molecule has 2 rings (SSSR count). The summed E-state index contributed by atoms with van der Waals surface area (Å²) in [5.74, 6) is 0.820. The van der Waals surface area contributed by atoms with Crippen LogP contribution in [0.2, 0.25) is 0 Å². The van der Waals surface area contributed by atoms with Gasteiger partial charge in [0.15, 0.2) is 0 Å². The van der Waals surface area contributed by atoms with Crippen molar-refractivity contribution in [2.45, 2.75) is 31.9 Å². The van der Waals surface area contributed by atoms with Crippen LogP contribution in [0.4, 0.5) is 0 Å². The van der Waals surface area contributed by atoms with Gasteiger partial charge in [-0.25, -0.2) is 0 Å². The van der Waals surface area contributed by atoms with E-state index in [9.17, 15) is 5.11 Å². The first-order valence-electron chi connectivity index (χ1n) is 6.35. The van der Waals surface area contributed by atoms with Crippen molar-refractivity contribution >= 4 is 0 Å². The molecule has 1 aliphatic rings. The normalized spacial score (nSPS) is 22.6. The second kappa shape index (κ2) is 6.03. The van der Waals surface area contributed by atoms with Crippen molar-refractivity contribution in [2.24, 2.45) is 0 Å². The molecule has 0 amide bonds. The Bertz CT molecular complexity index is 328. The Balaban J connectivity index is 1.72. The molecule has 1 N–H and O–H groups in total. The molecule has 0 bridgehead atoms. The maximum Gasteiger partial charge on any atom is 0.119 e. The molecule has 1 heterocycles. The summed E-state index contributed by atoms with van der Waals surface area (Å²) < 4.78 is 5.54. The van der Waals surface area contributed by atoms with E-state index in [2.05, 4.69) is 11.8 Å². The first-order valence-corrected chi connectivity index (χ1v) is 6.35. The molecule has 2 atom stereocenters. The number of aliphatic hydroxyl groups is 1. The first-order chi connectivity index (χ1) is 8.25. The Labute approximate surface area is 103 Å². The lowest BCUT2D eigenvalue weighted by Gasteiger charge is -2.24. The summed E-state index contributed by atoms with van der Waals surface area (Å²) in [4.78, 5) is 2.33. The summed E-state index contributed by atoms with van der Waals surface area (Å²) in [6.07, 6.45) is 2.08. The second-order valence-electron chi connectivity index (χ2n) is 4.76. The average Bonchev–Trinajstić information content (AvgIpc) is 2.74. The second-order valence-corrected chi connectivity index (χ2v) is 4.76. The van der Waals surface area contributed by atoms with Crippen LogP contribution in [0.25, 0.3) is 0 Å². The summed E-state index contributed by atoms with van der Waals surface area (Å²) in [5, 5.41) is 9.92. The van der Waals surface area contributed by atoms with Crippen LogP contribution in [-0.2, 0) is 0 Å². The van der Waals surface area contributed by atoms with Crippen LogP contribution in [-0.4, -0.2) is 41.8 Å². The number of benzene rings is 1. The maximum atomic E-state index is 9.92. The van der Waals surface area contributed by atoms with Crippen molar-refractivity contribution < 1.29 is 9.84 Å². The molecule has 3 nitrogen and oxygen atoms in total. The Morgan fingerprint density at radius 3 is 2.82 bits per heavy atom. The van der Waals surface area contributed by atoms with E-state index in [0.717, 1.165) is 12.3 Å². The zero-order valence-electron chi connectivity index (χ0n) is 10.4. The molecular formula is C14H21NO2. The SMILES string of the molecule is C[C@@H]1CCCN1CC(O)COc1ccccc1. The minimum atomic E-state index is -0.407. The van der Waals surface area contributed by atoms with Gasteiger partial charge >= 0.3 is 0 Å². The number of ether oxygens (including phenoxy) is 1. The minimum Gasteiger partial charge on any atom is -0.491 e. The fourth-order valence-corrected chi connectivity index (χ4v) is 2.30. The third-order valence-corrected chi connectivity index (χ3v) is 3.32. The van der Waals surface area contributed by atoms with Gasteiger partial charge in [-0.3, -0.25) is 4.90 Å². The highest BCUT2D eigenvalue weighted by molar-refractivity contribution is 5.20. The number of β-amino-alcohol motifs (C(OH)–C–C–N with tert-alkyl or cyclic N) is 1. The standard InChI is InChI=1S/C14H21NO2/c1-12-6-5-9-15(12)10-13(16)11-17-14-7-3-2-4-8-14/h2-4,7-8,12-13,16H,5-6,9-11H2,1H3/t12-,13?/m1/s1. The molecule has 0 aromatic heterocycles. The van der Waals surface area contributed by atoms with E-state index >= 15 is 0 Å². The Morgan fingerprint density at radius 1 is 1.41 bits per heavy atom. The van der Waals surface area contributed by atoms with Crippen molar-refractivity contribution in [2.75, 3.05) is 19.7 Å². The number of hydrogen-bond donors (Lipinski definition) is 1. The van der Waals surface area contributed by atoms with Gasteiger partial charge < -0.3 is 9.84 Å². The predicted molar refractivity (Wildman–Crippen MR) is 68.2 cm³/mol. The smallest absolute Gasteiger partial charge is 0.119 e. The average molecular weight is 235 g/mol. The molecule has 1 aromatic carbocycles. The van der Waals surface area contributed by atoms with E-state index in [0.29, 0.717) is 19.2 Å². The van der Waals surface area contributed by atoms with Gasteiger partial charge in [0.1, 0.15) is 18.5 Å². The molecular weight excluding hydrogens is 214 g/mol. The Kier molecular flexibility index (Phi) is 4.40. The monoisotopic (exact) mass is 235 g/mol. The van der Waals surface area contributed by atoms with Gasteiger partial charge in [-0.15, -0.1) is 0 Å². The number of para-hydroxylation sites is 1. The topological polar surface area (TPSA) is 32.7 Å². The highest BCUT2D eigenvalue weighted by atomic mass is 16.5. The molecule has 1 saturated heterocycles. The number of aliphatic hydroxyl groups excluding tert-OH is 1. The third-order valence-electron chi connectivity index (χ3n) is 3.32. The molecule has 0 radical (unpaired) electrons. The van der Waals surface area contributed by atoms with Gasteiger partial charge in [0.05, 0.1) is 0 Å². The largest absolute Gasteiger partial charge is 0.491 e. The van der Waals surface area contributed by atoms with Gasteiger partial charge in [-0.2, -0.15) is 0 Å². The number of hydrogen-bond acceptors (Lipinski definition) is 3. The van der Waals surface area contributed by atoms with E-state index in [1.54, 1.807) is 0 Å². The predicted octanol–water partition coefficient (Wildman–Crippen LogP) is 1.91. The van der Waals surface area contributed by atoms with E-state index in [4.69, 9.17) is 4.74 Å². The zero-order valence-corrected chi connectivity index (χ0v) is 10.4. The van der Waals surface area contributed by atoms with Crippen molar-refractivity contribution in [3.05, 3.63) is 30.3 Å². The van der Waals surface area contributed by atoms with Crippen LogP contribution in [0.3, 0.4) is 0 Å². The number of rotatable bonds is 5. The van der Waals surface area contributed by atoms with E-state index in [1.165, 1.54) is 12.8 Å². The molecule has 17 heavy (non-hydrogen) atoms. The molecule has 1 aromatic rings. The maximum absolute atomic E-state index is 9.92. The van der Waals surface area contributed by atoms with E-state index in [-0.39, 0.29) is 0 Å². The minimum absolute atomic E-state index is 0.368. The molecule has 0 aliphatic carbocycles. The summed E-state index contributed by atoms with van der Waals surface area (Å²) in [7, 11) is 0. The Hall–Kier alpha value is -1.06.